The molecular weight excluding hydrogens is 444 g/mol. The zero-order valence-electron chi connectivity index (χ0n) is 14.7. The Morgan fingerprint density at radius 2 is 1.61 bits per heavy atom. The van der Waals surface area contributed by atoms with E-state index in [-0.39, 0.29) is 6.23 Å². The molecule has 0 N–H and O–H groups in total. The fourth-order valence-electron chi connectivity index (χ4n) is 1.56. The number of allylic oxidation sites excluding steroid dienone is 1. The molecule has 0 radical (unpaired) electrons. The summed E-state index contributed by atoms with van der Waals surface area (Å²) in [5.74, 6) is 1.18. The molecule has 1 unspecified atom stereocenters. The first kappa shape index (κ1) is 26.3. The molecule has 0 saturated carbocycles. The molecule has 0 fully saturated rings. The van der Waals surface area contributed by atoms with E-state index in [1.165, 1.54) is 5.82 Å². The maximum absolute atomic E-state index is 11.4. The molecular formula is C12H17F6N3O5S2. The highest BCUT2D eigenvalue weighted by atomic mass is 32.3. The number of hydrogen-bond donors (Lipinski definition) is 0. The van der Waals surface area contributed by atoms with Crippen molar-refractivity contribution < 1.29 is 52.5 Å². The fraction of sp³-hybridized carbons (Fsp3) is 0.583. The third kappa shape index (κ3) is 6.75. The van der Waals surface area contributed by atoms with Crippen molar-refractivity contribution in [3.8, 4) is 0 Å². The van der Waals surface area contributed by atoms with Crippen LogP contribution < -0.4 is 4.57 Å². The molecule has 0 spiro atoms. The summed E-state index contributed by atoms with van der Waals surface area (Å²) in [6.45, 7) is 8.64. The van der Waals surface area contributed by atoms with E-state index in [1.807, 2.05) is 25.4 Å². The summed E-state index contributed by atoms with van der Waals surface area (Å²) in [5.41, 5.74) is -12.4. The molecule has 8 nitrogen and oxygen atoms in total. The van der Waals surface area contributed by atoms with Gasteiger partial charge in [-0.1, -0.05) is 12.7 Å². The van der Waals surface area contributed by atoms with Gasteiger partial charge >= 0.3 is 11.0 Å². The number of aromatic nitrogens is 2. The predicted molar refractivity (Wildman–Crippen MR) is 84.6 cm³/mol. The molecule has 0 aliphatic heterocycles. The topological polar surface area (TPSA) is 100 Å². The lowest BCUT2D eigenvalue weighted by Crippen LogP contribution is -2.34. The maximum atomic E-state index is 11.4. The van der Waals surface area contributed by atoms with E-state index in [0.717, 1.165) is 10.7 Å². The van der Waals surface area contributed by atoms with Crippen LogP contribution >= 0.6 is 0 Å². The number of hydrogen-bond acceptors (Lipinski definition) is 5. The number of imidazole rings is 1. The summed E-state index contributed by atoms with van der Waals surface area (Å²) in [4.78, 5) is 0. The zero-order chi connectivity index (χ0) is 22.6. The lowest BCUT2D eigenvalue weighted by atomic mass is 10.5. The van der Waals surface area contributed by atoms with Gasteiger partial charge in [-0.15, -0.1) is 0 Å². The number of methoxy groups -OCH3 is 1. The van der Waals surface area contributed by atoms with Gasteiger partial charge in [0.05, 0.1) is 0 Å². The molecule has 0 saturated heterocycles. The van der Waals surface area contributed by atoms with Crippen LogP contribution in [-0.4, -0.2) is 39.5 Å². The molecule has 0 aliphatic rings. The van der Waals surface area contributed by atoms with Crippen LogP contribution in [-0.2, 0) is 31.3 Å². The van der Waals surface area contributed by atoms with Gasteiger partial charge in [0.2, 0.25) is 0 Å². The van der Waals surface area contributed by atoms with Crippen molar-refractivity contribution in [1.82, 2.24) is 4.57 Å². The largest absolute Gasteiger partial charge is 0.480 e. The minimum atomic E-state index is -6.72. The van der Waals surface area contributed by atoms with Gasteiger partial charge < -0.3 is 8.86 Å². The number of sulfonamides is 2. The lowest BCUT2D eigenvalue weighted by molar-refractivity contribution is -0.692. The molecule has 164 valence electrons. The average Bonchev–Trinajstić information content (AvgIpc) is 2.85. The van der Waals surface area contributed by atoms with Gasteiger partial charge in [-0.05, 0) is 0 Å². The van der Waals surface area contributed by atoms with Crippen LogP contribution in [0.1, 0.15) is 19.0 Å². The van der Waals surface area contributed by atoms with E-state index < -0.39 is 31.1 Å². The molecule has 16 heteroatoms. The summed E-state index contributed by atoms with van der Waals surface area (Å²) in [6.07, 6.45) is 6.03. The SMILES string of the molecule is C=CC[n+]1ccn(C(C)OC)c1C.O=S(=O)([N-]S(=O)(=O)C(F)(F)F)C(F)(F)F. The van der Waals surface area contributed by atoms with Gasteiger partial charge in [0, 0.05) is 21.0 Å². The molecule has 28 heavy (non-hydrogen) atoms. The Labute approximate surface area is 157 Å². The minimum Gasteiger partial charge on any atom is -0.421 e. The molecule has 1 aromatic heterocycles. The fourth-order valence-corrected chi connectivity index (χ4v) is 3.27. The van der Waals surface area contributed by atoms with E-state index in [9.17, 15) is 43.2 Å². The predicted octanol–water partition coefficient (Wildman–Crippen LogP) is 2.49. The van der Waals surface area contributed by atoms with Gasteiger partial charge in [0.15, 0.2) is 26.3 Å². The van der Waals surface area contributed by atoms with Gasteiger partial charge in [-0.3, -0.25) is 0 Å². The number of rotatable bonds is 6. The summed E-state index contributed by atoms with van der Waals surface area (Å²) in [5, 5.41) is 0. The van der Waals surface area contributed by atoms with E-state index in [0.29, 0.717) is 0 Å². The maximum Gasteiger partial charge on any atom is 0.480 e. The van der Waals surface area contributed by atoms with E-state index in [2.05, 4.69) is 22.6 Å². The lowest BCUT2D eigenvalue weighted by Gasteiger charge is -2.22. The molecule has 1 rings (SSSR count). The number of ether oxygens (including phenoxy) is 1. The second-order valence-electron chi connectivity index (χ2n) is 4.94. The quantitative estimate of drug-likeness (QED) is 0.368. The van der Waals surface area contributed by atoms with Crippen molar-refractivity contribution in [3.63, 3.8) is 0 Å². The van der Waals surface area contributed by atoms with Crippen molar-refractivity contribution in [1.29, 1.82) is 0 Å². The first-order chi connectivity index (χ1) is 12.4. The smallest absolute Gasteiger partial charge is 0.421 e. The Kier molecular flexibility index (Phi) is 8.69. The molecule has 1 heterocycles. The first-order valence-electron chi connectivity index (χ1n) is 6.98. The summed E-state index contributed by atoms with van der Waals surface area (Å²) < 4.78 is 119. The van der Waals surface area contributed by atoms with Crippen LogP contribution in [0.15, 0.2) is 25.0 Å². The van der Waals surface area contributed by atoms with E-state index in [4.69, 9.17) is 4.74 Å². The number of alkyl halides is 6. The second-order valence-corrected chi connectivity index (χ2v) is 8.37. The summed E-state index contributed by atoms with van der Waals surface area (Å²) >= 11 is 0. The van der Waals surface area contributed by atoms with Crippen molar-refractivity contribution in [2.45, 2.75) is 37.6 Å². The van der Waals surface area contributed by atoms with Crippen LogP contribution in [0.25, 0.3) is 4.13 Å². The van der Waals surface area contributed by atoms with Crippen molar-refractivity contribution in [2.24, 2.45) is 0 Å². The Bertz CT molecular complexity index is 833. The Balaban J connectivity index is 0.000000525. The van der Waals surface area contributed by atoms with Crippen molar-refractivity contribution in [2.75, 3.05) is 7.11 Å². The van der Waals surface area contributed by atoms with Crippen LogP contribution in [0, 0.1) is 6.92 Å². The molecule has 0 aliphatic carbocycles. The van der Waals surface area contributed by atoms with E-state index >= 15 is 0 Å². The summed E-state index contributed by atoms with van der Waals surface area (Å²) in [7, 11) is -11.7. The van der Waals surface area contributed by atoms with Crippen LogP contribution in [0.4, 0.5) is 26.3 Å². The standard InChI is InChI=1S/C10H17N2O.C2F6NO4S2/c1-5-6-11-7-8-12(9(11)2)10(3)13-4;3-1(4,5)14(10,11)9-15(12,13)2(6,7)8/h5,7-8,10H,1,6H2,2-4H3;/q+1;-1. The van der Waals surface area contributed by atoms with Crippen LogP contribution in [0.3, 0.4) is 0 Å². The first-order valence-corrected chi connectivity index (χ1v) is 9.86. The molecule has 1 aromatic rings. The Morgan fingerprint density at radius 3 is 1.93 bits per heavy atom. The molecule has 0 amide bonds. The zero-order valence-corrected chi connectivity index (χ0v) is 16.3. The van der Waals surface area contributed by atoms with Crippen LogP contribution in [0.5, 0.6) is 0 Å². The van der Waals surface area contributed by atoms with Crippen molar-refractivity contribution in [3.05, 3.63) is 35.0 Å². The van der Waals surface area contributed by atoms with Gasteiger partial charge in [-0.2, -0.15) is 26.3 Å². The minimum absolute atomic E-state index is 0.0889. The number of halogens is 6. The Morgan fingerprint density at radius 1 is 1.18 bits per heavy atom. The van der Waals surface area contributed by atoms with Crippen molar-refractivity contribution >= 4 is 20.0 Å². The average molecular weight is 461 g/mol. The Hall–Kier alpha value is -1.65. The normalized spacial score (nSPS) is 14.2. The van der Waals surface area contributed by atoms with Gasteiger partial charge in [0.1, 0.15) is 18.9 Å². The highest BCUT2D eigenvalue weighted by molar-refractivity contribution is 8.13. The highest BCUT2D eigenvalue weighted by Crippen LogP contribution is 2.36. The van der Waals surface area contributed by atoms with E-state index in [1.54, 1.807) is 7.11 Å². The van der Waals surface area contributed by atoms with Gasteiger partial charge in [0.25, 0.3) is 5.82 Å². The monoisotopic (exact) mass is 461 g/mol. The third-order valence-corrected chi connectivity index (χ3v) is 5.78. The molecule has 0 bridgehead atoms. The summed E-state index contributed by atoms with van der Waals surface area (Å²) in [6, 6.07) is 0. The highest BCUT2D eigenvalue weighted by Gasteiger charge is 2.46. The third-order valence-electron chi connectivity index (χ3n) is 3.04. The van der Waals surface area contributed by atoms with Gasteiger partial charge in [-0.25, -0.2) is 26.0 Å². The number of nitrogens with zero attached hydrogens (tertiary/aromatic N) is 3. The van der Waals surface area contributed by atoms with Crippen LogP contribution in [0.2, 0.25) is 0 Å². The molecule has 1 atom stereocenters. The second kappa shape index (κ2) is 9.23. The molecule has 0 aromatic carbocycles.